The van der Waals surface area contributed by atoms with Crippen LogP contribution in [0.1, 0.15) is 10.0 Å². The van der Waals surface area contributed by atoms with Gasteiger partial charge < -0.3 is 0 Å². The molecule has 2 heterocycles. The van der Waals surface area contributed by atoms with Crippen LogP contribution in [0.4, 0.5) is 4.39 Å². The van der Waals surface area contributed by atoms with Gasteiger partial charge in [-0.2, -0.15) is 0 Å². The lowest BCUT2D eigenvalue weighted by Gasteiger charge is -1.96. The van der Waals surface area contributed by atoms with Gasteiger partial charge >= 0.3 is 0 Å². The molecule has 0 saturated carbocycles. The molecule has 0 aliphatic rings. The molecule has 0 fully saturated rings. The van der Waals surface area contributed by atoms with E-state index >= 15 is 0 Å². The highest BCUT2D eigenvalue weighted by Crippen LogP contribution is 2.27. The maximum Gasteiger partial charge on any atom is 0.123 e. The summed E-state index contributed by atoms with van der Waals surface area (Å²) in [6, 6.07) is 14.7. The van der Waals surface area contributed by atoms with Gasteiger partial charge in [0.15, 0.2) is 0 Å². The molecule has 0 aliphatic heterocycles. The van der Waals surface area contributed by atoms with Crippen LogP contribution in [0.2, 0.25) is 0 Å². The van der Waals surface area contributed by atoms with Crippen LogP contribution in [-0.2, 0) is 6.42 Å². The molecule has 22 heavy (non-hydrogen) atoms. The molecule has 4 aromatic rings. The molecule has 0 atom stereocenters. The topological polar surface area (TPSA) is 25.8 Å². The highest BCUT2D eigenvalue weighted by molar-refractivity contribution is 7.18. The standard InChI is InChI=1S/C17H11FN2S2/c18-12-5-3-4-11(8-12)14-10-21-16(20-14)9-17-19-13-6-1-2-7-15(13)22-17/h1-8,10H,9H2. The van der Waals surface area contributed by atoms with Gasteiger partial charge in [-0.15, -0.1) is 22.7 Å². The van der Waals surface area contributed by atoms with E-state index in [1.54, 1.807) is 28.7 Å². The number of halogens is 1. The zero-order chi connectivity index (χ0) is 14.9. The lowest BCUT2D eigenvalue weighted by molar-refractivity contribution is 0.628. The second-order valence-electron chi connectivity index (χ2n) is 4.89. The first-order valence-corrected chi connectivity index (χ1v) is 8.52. The maximum absolute atomic E-state index is 13.3. The fraction of sp³-hybridized carbons (Fsp3) is 0.0588. The van der Waals surface area contributed by atoms with Crippen LogP contribution in [0.25, 0.3) is 21.5 Å². The van der Waals surface area contributed by atoms with E-state index in [-0.39, 0.29) is 5.82 Å². The third-order valence-electron chi connectivity index (χ3n) is 3.31. The molecule has 0 N–H and O–H groups in total. The second kappa shape index (κ2) is 5.59. The average molecular weight is 326 g/mol. The summed E-state index contributed by atoms with van der Waals surface area (Å²) in [7, 11) is 0. The van der Waals surface area contributed by atoms with E-state index < -0.39 is 0 Å². The van der Waals surface area contributed by atoms with Gasteiger partial charge in [-0.3, -0.25) is 0 Å². The first kappa shape index (κ1) is 13.5. The predicted molar refractivity (Wildman–Crippen MR) is 89.9 cm³/mol. The monoisotopic (exact) mass is 326 g/mol. The molecular weight excluding hydrogens is 315 g/mol. The van der Waals surface area contributed by atoms with E-state index in [9.17, 15) is 4.39 Å². The number of thiazole rings is 2. The van der Waals surface area contributed by atoms with Crippen LogP contribution in [-0.4, -0.2) is 9.97 Å². The van der Waals surface area contributed by atoms with E-state index in [0.717, 1.165) is 33.2 Å². The Balaban J connectivity index is 1.61. The van der Waals surface area contributed by atoms with Gasteiger partial charge in [0.2, 0.25) is 0 Å². The summed E-state index contributed by atoms with van der Waals surface area (Å²) in [6.45, 7) is 0. The SMILES string of the molecule is Fc1cccc(-c2csc(Cc3nc4ccccc4s3)n2)c1. The molecule has 0 saturated heterocycles. The Kier molecular flexibility index (Phi) is 3.44. The van der Waals surface area contributed by atoms with Crippen molar-refractivity contribution in [3.8, 4) is 11.3 Å². The molecule has 2 nitrogen and oxygen atoms in total. The van der Waals surface area contributed by atoms with E-state index in [2.05, 4.69) is 16.0 Å². The fourth-order valence-electron chi connectivity index (χ4n) is 2.30. The first-order chi connectivity index (χ1) is 10.8. The minimum absolute atomic E-state index is 0.238. The van der Waals surface area contributed by atoms with Crippen LogP contribution >= 0.6 is 22.7 Å². The number of hydrogen-bond donors (Lipinski definition) is 0. The second-order valence-corrected chi connectivity index (χ2v) is 6.95. The molecule has 0 radical (unpaired) electrons. The van der Waals surface area contributed by atoms with Crippen molar-refractivity contribution in [3.05, 3.63) is 69.7 Å². The van der Waals surface area contributed by atoms with Gasteiger partial charge in [-0.25, -0.2) is 14.4 Å². The quantitative estimate of drug-likeness (QED) is 0.520. The zero-order valence-electron chi connectivity index (χ0n) is 11.5. The first-order valence-electron chi connectivity index (χ1n) is 6.83. The third kappa shape index (κ3) is 2.65. The van der Waals surface area contributed by atoms with Crippen molar-refractivity contribution in [2.45, 2.75) is 6.42 Å². The number of aromatic nitrogens is 2. The molecule has 0 bridgehead atoms. The Bertz CT molecular complexity index is 909. The molecule has 0 amide bonds. The molecule has 108 valence electrons. The molecular formula is C17H11FN2S2. The highest BCUT2D eigenvalue weighted by Gasteiger charge is 2.09. The van der Waals surface area contributed by atoms with Gasteiger partial charge in [0, 0.05) is 10.9 Å². The Morgan fingerprint density at radius 1 is 0.955 bits per heavy atom. The van der Waals surface area contributed by atoms with Crippen molar-refractivity contribution in [3.63, 3.8) is 0 Å². The Morgan fingerprint density at radius 2 is 1.86 bits per heavy atom. The van der Waals surface area contributed by atoms with Gasteiger partial charge in [-0.1, -0.05) is 24.3 Å². The Hall–Kier alpha value is -2.11. The van der Waals surface area contributed by atoms with Gasteiger partial charge in [0.1, 0.15) is 15.8 Å². The smallest absolute Gasteiger partial charge is 0.123 e. The Morgan fingerprint density at radius 3 is 2.73 bits per heavy atom. The highest BCUT2D eigenvalue weighted by atomic mass is 32.1. The lowest BCUT2D eigenvalue weighted by atomic mass is 10.2. The van der Waals surface area contributed by atoms with Crippen LogP contribution < -0.4 is 0 Å². The largest absolute Gasteiger partial charge is 0.241 e. The minimum Gasteiger partial charge on any atom is -0.241 e. The fourth-order valence-corrected chi connectivity index (χ4v) is 4.17. The van der Waals surface area contributed by atoms with Crippen LogP contribution in [0.15, 0.2) is 53.9 Å². The predicted octanol–water partition coefficient (Wildman–Crippen LogP) is 5.15. The van der Waals surface area contributed by atoms with Crippen LogP contribution in [0, 0.1) is 5.82 Å². The minimum atomic E-state index is -0.238. The number of para-hydroxylation sites is 1. The normalized spacial score (nSPS) is 11.1. The van der Waals surface area contributed by atoms with E-state index in [1.807, 2.05) is 29.6 Å². The number of nitrogens with zero attached hydrogens (tertiary/aromatic N) is 2. The van der Waals surface area contributed by atoms with Gasteiger partial charge in [-0.05, 0) is 24.3 Å². The van der Waals surface area contributed by atoms with Crippen molar-refractivity contribution in [1.82, 2.24) is 9.97 Å². The summed E-state index contributed by atoms with van der Waals surface area (Å²) in [5, 5.41) is 4.02. The zero-order valence-corrected chi connectivity index (χ0v) is 13.1. The molecule has 4 rings (SSSR count). The lowest BCUT2D eigenvalue weighted by Crippen LogP contribution is -1.86. The van der Waals surface area contributed by atoms with Crippen molar-refractivity contribution in [2.24, 2.45) is 0 Å². The van der Waals surface area contributed by atoms with Crippen LogP contribution in [0.5, 0.6) is 0 Å². The summed E-state index contributed by atoms with van der Waals surface area (Å²) in [5.41, 5.74) is 2.66. The number of fused-ring (bicyclic) bond motifs is 1. The van der Waals surface area contributed by atoms with E-state index in [1.165, 1.54) is 16.8 Å². The molecule has 0 unspecified atom stereocenters. The molecule has 0 spiro atoms. The summed E-state index contributed by atoms with van der Waals surface area (Å²) < 4.78 is 14.5. The van der Waals surface area contributed by atoms with Gasteiger partial charge in [0.25, 0.3) is 0 Å². The third-order valence-corrected chi connectivity index (χ3v) is 5.20. The Labute approximate surface area is 134 Å². The maximum atomic E-state index is 13.3. The summed E-state index contributed by atoms with van der Waals surface area (Å²) in [6.07, 6.45) is 0.722. The number of rotatable bonds is 3. The van der Waals surface area contributed by atoms with Crippen molar-refractivity contribution in [1.29, 1.82) is 0 Å². The molecule has 2 aromatic carbocycles. The van der Waals surface area contributed by atoms with Gasteiger partial charge in [0.05, 0.1) is 22.3 Å². The number of hydrogen-bond acceptors (Lipinski definition) is 4. The number of benzene rings is 2. The average Bonchev–Trinajstić information content (AvgIpc) is 3.13. The summed E-state index contributed by atoms with van der Waals surface area (Å²) >= 11 is 3.28. The van der Waals surface area contributed by atoms with Crippen LogP contribution in [0.3, 0.4) is 0 Å². The molecule has 2 aromatic heterocycles. The van der Waals surface area contributed by atoms with E-state index in [4.69, 9.17) is 0 Å². The van der Waals surface area contributed by atoms with E-state index in [0.29, 0.717) is 0 Å². The van der Waals surface area contributed by atoms with Crippen molar-refractivity contribution >= 4 is 32.9 Å². The van der Waals surface area contributed by atoms with Crippen molar-refractivity contribution in [2.75, 3.05) is 0 Å². The summed E-state index contributed by atoms with van der Waals surface area (Å²) in [4.78, 5) is 9.23. The summed E-state index contributed by atoms with van der Waals surface area (Å²) in [5.74, 6) is -0.238. The molecule has 5 heteroatoms. The van der Waals surface area contributed by atoms with Crippen molar-refractivity contribution < 1.29 is 4.39 Å². The molecule has 0 aliphatic carbocycles.